The highest BCUT2D eigenvalue weighted by Gasteiger charge is 2.33. The zero-order chi connectivity index (χ0) is 29.0. The fourth-order valence-corrected chi connectivity index (χ4v) is 5.82. The maximum Gasteiger partial charge on any atom is 0.408 e. The average molecular weight is 579 g/mol. The van der Waals surface area contributed by atoms with Gasteiger partial charge < -0.3 is 14.8 Å². The quantitative estimate of drug-likeness (QED) is 0.266. The number of alkyl carbamates (subject to hydrolysis) is 1. The van der Waals surface area contributed by atoms with Crippen molar-refractivity contribution in [1.82, 2.24) is 5.32 Å². The van der Waals surface area contributed by atoms with Gasteiger partial charge in [-0.15, -0.1) is 11.8 Å². The lowest BCUT2D eigenvalue weighted by atomic mass is 9.85. The molecule has 1 N–H and O–H groups in total. The van der Waals surface area contributed by atoms with Crippen LogP contribution in [-0.2, 0) is 27.1 Å². The van der Waals surface area contributed by atoms with E-state index in [1.807, 2.05) is 52.0 Å². The fraction of sp³-hybridized carbons (Fsp3) is 0.441. The van der Waals surface area contributed by atoms with Gasteiger partial charge in [-0.25, -0.2) is 9.79 Å². The van der Waals surface area contributed by atoms with Gasteiger partial charge in [0.15, 0.2) is 11.7 Å². The lowest BCUT2D eigenvalue weighted by molar-refractivity contribution is -0.124. The third-order valence-corrected chi connectivity index (χ3v) is 8.22. The maximum absolute atomic E-state index is 13.9. The molecule has 222 valence electrons. The number of fused-ring (bicyclic) bond motifs is 1. The highest BCUT2D eigenvalue weighted by molar-refractivity contribution is 7.99. The summed E-state index contributed by atoms with van der Waals surface area (Å²) in [6.07, 6.45) is 2.76. The normalized spacial score (nSPS) is 19.1. The van der Waals surface area contributed by atoms with E-state index in [4.69, 9.17) is 9.47 Å². The number of benzene rings is 2. The van der Waals surface area contributed by atoms with Crippen molar-refractivity contribution in [3.05, 3.63) is 77.9 Å². The Morgan fingerprint density at radius 1 is 1.12 bits per heavy atom. The molecule has 6 nitrogen and oxygen atoms in total. The van der Waals surface area contributed by atoms with Crippen molar-refractivity contribution < 1.29 is 20.5 Å². The van der Waals surface area contributed by atoms with Crippen LogP contribution in [0.25, 0.3) is 11.3 Å². The lowest BCUT2D eigenvalue weighted by Crippen LogP contribution is -2.48. The van der Waals surface area contributed by atoms with E-state index in [-0.39, 0.29) is 20.6 Å². The zero-order valence-corrected chi connectivity index (χ0v) is 25.0. The largest absolute Gasteiger partial charge is 0.484 e. The molecule has 1 unspecified atom stereocenters. The van der Waals surface area contributed by atoms with Gasteiger partial charge in [0.1, 0.15) is 11.6 Å². The van der Waals surface area contributed by atoms with Gasteiger partial charge in [-0.3, -0.25) is 4.79 Å². The Balaban J connectivity index is 0.00000308. The molecule has 4 rings (SSSR count). The summed E-state index contributed by atoms with van der Waals surface area (Å²) in [6.45, 7) is 15.6. The van der Waals surface area contributed by atoms with Crippen molar-refractivity contribution in [3.8, 4) is 0 Å². The first-order valence-corrected chi connectivity index (χ1v) is 14.8. The van der Waals surface area contributed by atoms with E-state index in [2.05, 4.69) is 41.7 Å². The summed E-state index contributed by atoms with van der Waals surface area (Å²) in [5.41, 5.74) is 5.16. The van der Waals surface area contributed by atoms with E-state index >= 15 is 0 Å². The molecule has 1 amide bonds. The molecule has 1 fully saturated rings. The molecule has 1 aliphatic carbocycles. The number of nitrogens with zero attached hydrogens (tertiary/aromatic N) is 1. The first-order valence-electron chi connectivity index (χ1n) is 13.8. The van der Waals surface area contributed by atoms with Crippen molar-refractivity contribution in [2.75, 3.05) is 12.9 Å². The minimum atomic E-state index is -0.651. The second kappa shape index (κ2) is 13.6. The minimum absolute atomic E-state index is 0. The van der Waals surface area contributed by atoms with Crippen molar-refractivity contribution in [3.63, 3.8) is 0 Å². The van der Waals surface area contributed by atoms with E-state index in [1.165, 1.54) is 0 Å². The summed E-state index contributed by atoms with van der Waals surface area (Å²) in [4.78, 5) is 32.2. The summed E-state index contributed by atoms with van der Waals surface area (Å²) in [5, 5.41) is 2.85. The molecule has 2 aliphatic rings. The molecule has 2 aromatic rings. The highest BCUT2D eigenvalue weighted by Crippen LogP contribution is 2.34. The Kier molecular flexibility index (Phi) is 10.6. The van der Waals surface area contributed by atoms with Crippen LogP contribution in [0.5, 0.6) is 0 Å². The molecule has 1 saturated carbocycles. The number of rotatable bonds is 7. The SMILES string of the molecule is C.C=C(C)c1ccc2c(c1)CC(Cc1ccc(C(=C)N=C(OC)C3CC3)cc1)C(=O)[C@@H](NC(=O)OC(C)(C)C)CS2.[HH]. The molecule has 1 heterocycles. The van der Waals surface area contributed by atoms with Crippen LogP contribution in [0, 0.1) is 11.8 Å². The minimum Gasteiger partial charge on any atom is -0.484 e. The standard InChI is InChI=1S/C33H40N2O4S.CH4.H2/c1-20(2)25-14-15-29-26(17-25)18-27(30(36)28(19-40-29)35-32(37)39-33(4,5)6)16-22-8-10-23(11-9-22)21(3)34-31(38-7)24-12-13-24;;/h8-11,14-15,17,24,27-28H,1,3,12-13,16,18-19H2,2,4-7H3,(H,35,37);1H4;1H/t27?,28-;;/m0../s1. The topological polar surface area (TPSA) is 77.0 Å². The van der Waals surface area contributed by atoms with Gasteiger partial charge >= 0.3 is 6.09 Å². The first-order chi connectivity index (χ1) is 18.9. The number of thioether (sulfide) groups is 1. The predicted octanol–water partition coefficient (Wildman–Crippen LogP) is 8.00. The Morgan fingerprint density at radius 2 is 1.78 bits per heavy atom. The number of carbonyl (C=O) groups is 2. The average Bonchev–Trinajstić information content (AvgIpc) is 3.73. The van der Waals surface area contributed by atoms with Gasteiger partial charge in [-0.2, -0.15) is 0 Å². The molecule has 1 aliphatic heterocycles. The summed E-state index contributed by atoms with van der Waals surface area (Å²) in [5.74, 6) is 1.27. The summed E-state index contributed by atoms with van der Waals surface area (Å²) >= 11 is 1.59. The third kappa shape index (κ3) is 8.83. The van der Waals surface area contributed by atoms with Crippen molar-refractivity contribution in [1.29, 1.82) is 0 Å². The number of Topliss-reactive ketones (excluding diaryl/α,β-unsaturated/α-hetero) is 1. The summed E-state index contributed by atoms with van der Waals surface area (Å²) in [7, 11) is 1.65. The Hall–Kier alpha value is -3.32. The number of ketones is 1. The molecule has 0 spiro atoms. The van der Waals surface area contributed by atoms with Crippen molar-refractivity contribution >= 4 is 40.8 Å². The molecule has 2 atom stereocenters. The van der Waals surface area contributed by atoms with Crippen LogP contribution in [0.4, 0.5) is 4.79 Å². The number of amides is 1. The van der Waals surface area contributed by atoms with Gasteiger partial charge in [0.05, 0.1) is 12.8 Å². The summed E-state index contributed by atoms with van der Waals surface area (Å²) in [6, 6.07) is 13.7. The molecule has 0 radical (unpaired) electrons. The summed E-state index contributed by atoms with van der Waals surface area (Å²) < 4.78 is 10.9. The van der Waals surface area contributed by atoms with Crippen LogP contribution >= 0.6 is 11.8 Å². The van der Waals surface area contributed by atoms with Gasteiger partial charge in [0.25, 0.3) is 0 Å². The highest BCUT2D eigenvalue weighted by atomic mass is 32.2. The fourth-order valence-electron chi connectivity index (χ4n) is 4.74. The van der Waals surface area contributed by atoms with Crippen molar-refractivity contribution in [2.45, 2.75) is 77.3 Å². The van der Waals surface area contributed by atoms with E-state index in [0.29, 0.717) is 30.2 Å². The van der Waals surface area contributed by atoms with Crippen LogP contribution in [0.1, 0.15) is 71.6 Å². The molecule has 2 aromatic carbocycles. The smallest absolute Gasteiger partial charge is 0.408 e. The van der Waals surface area contributed by atoms with Gasteiger partial charge in [-0.1, -0.05) is 62.6 Å². The number of carbonyl (C=O) groups excluding carboxylic acids is 2. The number of allylic oxidation sites excluding steroid dienone is 1. The monoisotopic (exact) mass is 578 g/mol. The van der Waals surface area contributed by atoms with E-state index in [1.54, 1.807) is 18.9 Å². The van der Waals surface area contributed by atoms with Crippen molar-refractivity contribution in [2.24, 2.45) is 16.8 Å². The molecule has 0 saturated heterocycles. The van der Waals surface area contributed by atoms with Gasteiger partial charge in [0.2, 0.25) is 0 Å². The number of nitrogens with one attached hydrogen (secondary N) is 1. The van der Waals surface area contributed by atoms with Crippen LogP contribution in [0.3, 0.4) is 0 Å². The Labute approximate surface area is 251 Å². The number of aliphatic imine (C=N–C) groups is 1. The van der Waals surface area contributed by atoms with E-state index in [9.17, 15) is 9.59 Å². The number of ether oxygens (including phenoxy) is 2. The number of hydrogen-bond acceptors (Lipinski definition) is 6. The van der Waals surface area contributed by atoms with E-state index < -0.39 is 17.7 Å². The Morgan fingerprint density at radius 3 is 2.37 bits per heavy atom. The molecular weight excluding hydrogens is 532 g/mol. The van der Waals surface area contributed by atoms with E-state index in [0.717, 1.165) is 51.5 Å². The molecule has 0 bridgehead atoms. The maximum atomic E-state index is 13.9. The number of methoxy groups -OCH3 is 1. The van der Waals surface area contributed by atoms with Crippen LogP contribution in [0.15, 0.2) is 65.5 Å². The second-order valence-corrected chi connectivity index (χ2v) is 12.8. The Bertz CT molecular complexity index is 1330. The molecule has 41 heavy (non-hydrogen) atoms. The van der Waals surface area contributed by atoms with Crippen LogP contribution in [0.2, 0.25) is 0 Å². The van der Waals surface area contributed by atoms with Crippen LogP contribution < -0.4 is 5.32 Å². The van der Waals surface area contributed by atoms with Crippen LogP contribution in [-0.4, -0.2) is 42.3 Å². The molecule has 0 aromatic heterocycles. The molecular formula is C34H46N2O4S. The predicted molar refractivity (Wildman–Crippen MR) is 172 cm³/mol. The second-order valence-electron chi connectivity index (χ2n) is 11.7. The molecule has 7 heteroatoms. The van der Waals surface area contributed by atoms with Gasteiger partial charge in [0, 0.05) is 23.9 Å². The number of hydrogen-bond donors (Lipinski definition) is 1. The zero-order valence-electron chi connectivity index (χ0n) is 24.2. The first kappa shape index (κ1) is 32.2. The third-order valence-electron chi connectivity index (χ3n) is 7.01. The van der Waals surface area contributed by atoms with Gasteiger partial charge in [-0.05, 0) is 81.7 Å². The lowest BCUT2D eigenvalue weighted by Gasteiger charge is -2.28.